The standard InChI is InChI=1S/C17H23Cl2NO2/c18-15-6-5-13(11-16(15)19)3-1-2-4-17(22)20-9-7-14(12-21)8-10-20/h5-6,11,14,21H,1-4,7-10,12H2. The van der Waals surface area contributed by atoms with Crippen molar-refractivity contribution in [3.05, 3.63) is 33.8 Å². The summed E-state index contributed by atoms with van der Waals surface area (Å²) in [6.45, 7) is 1.82. The smallest absolute Gasteiger partial charge is 0.222 e. The molecule has 0 bridgehead atoms. The Hall–Kier alpha value is -0.770. The third kappa shape index (κ3) is 5.15. The van der Waals surface area contributed by atoms with Crippen LogP contribution in [0.3, 0.4) is 0 Å². The Morgan fingerprint density at radius 1 is 1.18 bits per heavy atom. The van der Waals surface area contributed by atoms with Gasteiger partial charge in [0, 0.05) is 26.1 Å². The third-order valence-corrected chi connectivity index (χ3v) is 5.05. The summed E-state index contributed by atoms with van der Waals surface area (Å²) in [6, 6.07) is 5.69. The number of carbonyl (C=O) groups is 1. The Kier molecular flexibility index (Phi) is 7.00. The number of nitrogens with zero attached hydrogens (tertiary/aromatic N) is 1. The lowest BCUT2D eigenvalue weighted by Crippen LogP contribution is -2.39. The highest BCUT2D eigenvalue weighted by Gasteiger charge is 2.21. The third-order valence-electron chi connectivity index (χ3n) is 4.32. The first kappa shape index (κ1) is 17.6. The van der Waals surface area contributed by atoms with Crippen molar-refractivity contribution in [1.82, 2.24) is 4.90 Å². The second-order valence-corrected chi connectivity index (χ2v) is 6.78. The van der Waals surface area contributed by atoms with Crippen LogP contribution < -0.4 is 0 Å². The number of aryl methyl sites for hydroxylation is 1. The van der Waals surface area contributed by atoms with Crippen molar-refractivity contribution in [3.63, 3.8) is 0 Å². The molecule has 1 aromatic carbocycles. The molecule has 0 spiro atoms. The molecule has 122 valence electrons. The van der Waals surface area contributed by atoms with Gasteiger partial charge in [-0.25, -0.2) is 0 Å². The van der Waals surface area contributed by atoms with Gasteiger partial charge in [-0.15, -0.1) is 0 Å². The maximum Gasteiger partial charge on any atom is 0.222 e. The predicted molar refractivity (Wildman–Crippen MR) is 90.4 cm³/mol. The van der Waals surface area contributed by atoms with Gasteiger partial charge in [0.25, 0.3) is 0 Å². The Balaban J connectivity index is 1.66. The van der Waals surface area contributed by atoms with Gasteiger partial charge in [0.1, 0.15) is 0 Å². The number of unbranched alkanes of at least 4 members (excludes halogenated alkanes) is 1. The van der Waals surface area contributed by atoms with E-state index in [9.17, 15) is 4.79 Å². The number of piperidine rings is 1. The van der Waals surface area contributed by atoms with Gasteiger partial charge in [-0.05, 0) is 55.7 Å². The highest BCUT2D eigenvalue weighted by atomic mass is 35.5. The van der Waals surface area contributed by atoms with E-state index in [0.717, 1.165) is 50.8 Å². The number of carbonyl (C=O) groups excluding carboxylic acids is 1. The number of aliphatic hydroxyl groups is 1. The Morgan fingerprint density at radius 2 is 1.91 bits per heavy atom. The number of hydrogen-bond donors (Lipinski definition) is 1. The van der Waals surface area contributed by atoms with Crippen LogP contribution >= 0.6 is 23.2 Å². The van der Waals surface area contributed by atoms with E-state index in [2.05, 4.69) is 0 Å². The number of hydrogen-bond acceptors (Lipinski definition) is 2. The molecule has 0 unspecified atom stereocenters. The number of aliphatic hydroxyl groups excluding tert-OH is 1. The van der Waals surface area contributed by atoms with Crippen LogP contribution in [0.5, 0.6) is 0 Å². The van der Waals surface area contributed by atoms with Gasteiger partial charge in [0.05, 0.1) is 10.0 Å². The largest absolute Gasteiger partial charge is 0.396 e. The van der Waals surface area contributed by atoms with Crippen molar-refractivity contribution in [2.24, 2.45) is 5.92 Å². The van der Waals surface area contributed by atoms with Crippen LogP contribution in [0.25, 0.3) is 0 Å². The number of rotatable bonds is 6. The molecule has 0 aromatic heterocycles. The molecule has 0 radical (unpaired) electrons. The average molecular weight is 344 g/mol. The van der Waals surface area contributed by atoms with Gasteiger partial charge in [0.15, 0.2) is 0 Å². The van der Waals surface area contributed by atoms with Gasteiger partial charge in [-0.2, -0.15) is 0 Å². The molecule has 1 aliphatic heterocycles. The summed E-state index contributed by atoms with van der Waals surface area (Å²) in [6.07, 6.45) is 5.22. The summed E-state index contributed by atoms with van der Waals surface area (Å²) in [7, 11) is 0. The fourth-order valence-corrected chi connectivity index (χ4v) is 3.14. The average Bonchev–Trinajstić information content (AvgIpc) is 2.54. The Labute approximate surface area is 142 Å². The van der Waals surface area contributed by atoms with Crippen molar-refractivity contribution in [1.29, 1.82) is 0 Å². The van der Waals surface area contributed by atoms with Crippen LogP contribution in [0, 0.1) is 5.92 Å². The van der Waals surface area contributed by atoms with Gasteiger partial charge < -0.3 is 10.0 Å². The maximum absolute atomic E-state index is 12.1. The van der Waals surface area contributed by atoms with E-state index in [0.29, 0.717) is 22.4 Å². The zero-order chi connectivity index (χ0) is 15.9. The SMILES string of the molecule is O=C(CCCCc1ccc(Cl)c(Cl)c1)N1CCC(CO)CC1. The minimum absolute atomic E-state index is 0.241. The van der Waals surface area contributed by atoms with Gasteiger partial charge in [0.2, 0.25) is 5.91 Å². The molecule has 5 heteroatoms. The van der Waals surface area contributed by atoms with Gasteiger partial charge in [-0.1, -0.05) is 29.3 Å². The predicted octanol–water partition coefficient (Wildman–Crippen LogP) is 3.94. The van der Waals surface area contributed by atoms with E-state index in [4.69, 9.17) is 28.3 Å². The lowest BCUT2D eigenvalue weighted by atomic mass is 9.97. The van der Waals surface area contributed by atoms with Crippen molar-refractivity contribution in [2.75, 3.05) is 19.7 Å². The summed E-state index contributed by atoms with van der Waals surface area (Å²) in [5.74, 6) is 0.615. The molecule has 3 nitrogen and oxygen atoms in total. The molecule has 2 rings (SSSR count). The highest BCUT2D eigenvalue weighted by molar-refractivity contribution is 6.42. The lowest BCUT2D eigenvalue weighted by molar-refractivity contribution is -0.132. The van der Waals surface area contributed by atoms with E-state index in [1.807, 2.05) is 23.1 Å². The molecule has 1 fully saturated rings. The highest BCUT2D eigenvalue weighted by Crippen LogP contribution is 2.23. The van der Waals surface area contributed by atoms with Crippen LogP contribution in [0.4, 0.5) is 0 Å². The van der Waals surface area contributed by atoms with Crippen LogP contribution in [0.2, 0.25) is 10.0 Å². The number of likely N-dealkylation sites (tertiary alicyclic amines) is 1. The first-order valence-electron chi connectivity index (χ1n) is 7.92. The van der Waals surface area contributed by atoms with E-state index in [1.54, 1.807) is 0 Å². The quantitative estimate of drug-likeness (QED) is 0.794. The Bertz CT molecular complexity index is 499. The van der Waals surface area contributed by atoms with Crippen molar-refractivity contribution in [3.8, 4) is 0 Å². The molecule has 1 amide bonds. The first-order chi connectivity index (χ1) is 10.6. The molecular formula is C17H23Cl2NO2. The van der Waals surface area contributed by atoms with Gasteiger partial charge in [-0.3, -0.25) is 4.79 Å². The lowest BCUT2D eigenvalue weighted by Gasteiger charge is -2.31. The normalized spacial score (nSPS) is 16.0. The minimum atomic E-state index is 0.241. The number of halogens is 2. The molecule has 1 heterocycles. The maximum atomic E-state index is 12.1. The number of benzene rings is 1. The molecule has 0 atom stereocenters. The zero-order valence-corrected chi connectivity index (χ0v) is 14.2. The molecular weight excluding hydrogens is 321 g/mol. The van der Waals surface area contributed by atoms with E-state index in [-0.39, 0.29) is 12.5 Å². The van der Waals surface area contributed by atoms with Crippen LogP contribution in [-0.4, -0.2) is 35.6 Å². The molecule has 0 saturated carbocycles. The van der Waals surface area contributed by atoms with Crippen LogP contribution in [-0.2, 0) is 11.2 Å². The van der Waals surface area contributed by atoms with Crippen molar-refractivity contribution >= 4 is 29.1 Å². The van der Waals surface area contributed by atoms with Gasteiger partial charge >= 0.3 is 0 Å². The fourth-order valence-electron chi connectivity index (χ4n) is 2.82. The fraction of sp³-hybridized carbons (Fsp3) is 0.588. The second-order valence-electron chi connectivity index (χ2n) is 5.96. The van der Waals surface area contributed by atoms with E-state index in [1.165, 1.54) is 0 Å². The zero-order valence-electron chi connectivity index (χ0n) is 12.7. The molecule has 1 aliphatic rings. The summed E-state index contributed by atoms with van der Waals surface area (Å²) in [5.41, 5.74) is 1.16. The van der Waals surface area contributed by atoms with E-state index < -0.39 is 0 Å². The Morgan fingerprint density at radius 3 is 2.55 bits per heavy atom. The summed E-state index contributed by atoms with van der Waals surface area (Å²) in [4.78, 5) is 14.1. The second kappa shape index (κ2) is 8.76. The van der Waals surface area contributed by atoms with Crippen LogP contribution in [0.1, 0.15) is 37.7 Å². The molecule has 1 aromatic rings. The van der Waals surface area contributed by atoms with Crippen molar-refractivity contribution in [2.45, 2.75) is 38.5 Å². The summed E-state index contributed by atoms with van der Waals surface area (Å²) >= 11 is 11.9. The summed E-state index contributed by atoms with van der Waals surface area (Å²) in [5, 5.41) is 10.3. The topological polar surface area (TPSA) is 40.5 Å². The van der Waals surface area contributed by atoms with E-state index >= 15 is 0 Å². The van der Waals surface area contributed by atoms with Crippen molar-refractivity contribution < 1.29 is 9.90 Å². The molecule has 1 N–H and O–H groups in total. The summed E-state index contributed by atoms with van der Waals surface area (Å²) < 4.78 is 0. The van der Waals surface area contributed by atoms with Crippen LogP contribution in [0.15, 0.2) is 18.2 Å². The molecule has 1 saturated heterocycles. The first-order valence-corrected chi connectivity index (χ1v) is 8.68. The molecule has 22 heavy (non-hydrogen) atoms. The molecule has 0 aliphatic carbocycles. The number of amides is 1. The minimum Gasteiger partial charge on any atom is -0.396 e. The monoisotopic (exact) mass is 343 g/mol.